The SMILES string of the molecule is CNC(=O)c1ccc(-c2ccc(OC(C)C)c(C(=O)NC3(CO)CCc4[nH]c5ccc(C(=O)O)cc5c4C3)c2)cc1Cl. The van der Waals surface area contributed by atoms with Crippen LogP contribution in [0.2, 0.25) is 5.02 Å². The van der Waals surface area contributed by atoms with Crippen LogP contribution >= 0.6 is 11.6 Å². The van der Waals surface area contributed by atoms with Gasteiger partial charge in [0.15, 0.2) is 0 Å². The van der Waals surface area contributed by atoms with Crippen molar-refractivity contribution in [3.8, 4) is 16.9 Å². The van der Waals surface area contributed by atoms with Crippen LogP contribution < -0.4 is 15.4 Å². The maximum Gasteiger partial charge on any atom is 0.335 e. The number of carboxylic acid groups (broad SMARTS) is 1. The number of aromatic nitrogens is 1. The van der Waals surface area contributed by atoms with Crippen molar-refractivity contribution in [2.75, 3.05) is 13.7 Å². The molecule has 1 heterocycles. The van der Waals surface area contributed by atoms with E-state index in [0.29, 0.717) is 47.3 Å². The summed E-state index contributed by atoms with van der Waals surface area (Å²) < 4.78 is 5.98. The summed E-state index contributed by atoms with van der Waals surface area (Å²) in [6, 6.07) is 15.2. The van der Waals surface area contributed by atoms with Gasteiger partial charge in [-0.15, -0.1) is 0 Å². The third kappa shape index (κ3) is 5.57. The quantitative estimate of drug-likeness (QED) is 0.196. The predicted octanol–water partition coefficient (Wildman–Crippen LogP) is 4.98. The molecule has 0 aliphatic heterocycles. The lowest BCUT2D eigenvalue weighted by Crippen LogP contribution is -2.54. The molecule has 2 amide bonds. The third-order valence-electron chi connectivity index (χ3n) is 7.65. The summed E-state index contributed by atoms with van der Waals surface area (Å²) in [4.78, 5) is 40.9. The molecule has 1 aliphatic carbocycles. The number of aryl methyl sites for hydroxylation is 1. The minimum atomic E-state index is -1.02. The minimum Gasteiger partial charge on any atom is -0.490 e. The van der Waals surface area contributed by atoms with E-state index in [1.807, 2.05) is 19.9 Å². The molecule has 1 aliphatic rings. The number of fused-ring (bicyclic) bond motifs is 3. The van der Waals surface area contributed by atoms with E-state index >= 15 is 0 Å². The molecule has 1 unspecified atom stereocenters. The van der Waals surface area contributed by atoms with E-state index in [1.165, 1.54) is 7.05 Å². The Hall–Kier alpha value is -4.34. The first-order valence-electron chi connectivity index (χ1n) is 13.7. The smallest absolute Gasteiger partial charge is 0.335 e. The number of nitrogens with one attached hydrogen (secondary N) is 3. The summed E-state index contributed by atoms with van der Waals surface area (Å²) in [7, 11) is 1.53. The molecule has 42 heavy (non-hydrogen) atoms. The zero-order valence-corrected chi connectivity index (χ0v) is 24.3. The molecule has 4 aromatic rings. The Morgan fingerprint density at radius 2 is 1.76 bits per heavy atom. The van der Waals surface area contributed by atoms with Gasteiger partial charge in [-0.05, 0) is 85.8 Å². The molecule has 5 N–H and O–H groups in total. The standard InChI is InChI=1S/C32H32ClN3O6/c1-17(2)42-28-9-6-18(19-4-7-21(25(33)14-19)29(38)34-3)12-23(28)30(39)36-32(16-37)11-10-27-24(15-32)22-13-20(31(40)41)5-8-26(22)35-27/h4-9,12-14,17,35,37H,10-11,15-16H2,1-3H3,(H,34,38)(H,36,39)(H,40,41). The van der Waals surface area contributed by atoms with Crippen LogP contribution in [0.5, 0.6) is 5.75 Å². The van der Waals surface area contributed by atoms with E-state index in [1.54, 1.807) is 48.5 Å². The van der Waals surface area contributed by atoms with E-state index < -0.39 is 17.4 Å². The van der Waals surface area contributed by atoms with Gasteiger partial charge >= 0.3 is 5.97 Å². The molecule has 218 valence electrons. The second-order valence-corrected chi connectivity index (χ2v) is 11.3. The van der Waals surface area contributed by atoms with Gasteiger partial charge in [0.1, 0.15) is 5.75 Å². The highest BCUT2D eigenvalue weighted by atomic mass is 35.5. The van der Waals surface area contributed by atoms with Gasteiger partial charge < -0.3 is 30.6 Å². The number of carboxylic acids is 1. The lowest BCUT2D eigenvalue weighted by atomic mass is 9.79. The molecule has 3 aromatic carbocycles. The van der Waals surface area contributed by atoms with Gasteiger partial charge in [-0.1, -0.05) is 23.7 Å². The number of aromatic amines is 1. The van der Waals surface area contributed by atoms with Crippen molar-refractivity contribution in [1.82, 2.24) is 15.6 Å². The Bertz CT molecular complexity index is 1710. The molecular formula is C32H32ClN3O6. The van der Waals surface area contributed by atoms with E-state index in [-0.39, 0.29) is 29.2 Å². The molecule has 0 bridgehead atoms. The van der Waals surface area contributed by atoms with Crippen LogP contribution in [-0.4, -0.2) is 58.3 Å². The van der Waals surface area contributed by atoms with Crippen molar-refractivity contribution in [1.29, 1.82) is 0 Å². The number of ether oxygens (including phenoxy) is 1. The van der Waals surface area contributed by atoms with Gasteiger partial charge in [-0.25, -0.2) is 4.79 Å². The van der Waals surface area contributed by atoms with Crippen molar-refractivity contribution >= 4 is 40.3 Å². The van der Waals surface area contributed by atoms with E-state index in [4.69, 9.17) is 16.3 Å². The maximum atomic E-state index is 13.9. The van der Waals surface area contributed by atoms with E-state index in [9.17, 15) is 24.6 Å². The third-order valence-corrected chi connectivity index (χ3v) is 7.97. The molecular weight excluding hydrogens is 558 g/mol. The number of H-pyrrole nitrogens is 1. The van der Waals surface area contributed by atoms with Gasteiger partial charge in [-0.2, -0.15) is 0 Å². The number of halogens is 1. The highest BCUT2D eigenvalue weighted by Gasteiger charge is 2.38. The molecule has 10 heteroatoms. The van der Waals surface area contributed by atoms with Gasteiger partial charge in [0.25, 0.3) is 11.8 Å². The van der Waals surface area contributed by atoms with Crippen molar-refractivity contribution in [3.63, 3.8) is 0 Å². The molecule has 0 saturated carbocycles. The fourth-order valence-electron chi connectivity index (χ4n) is 5.49. The highest BCUT2D eigenvalue weighted by molar-refractivity contribution is 6.34. The maximum absolute atomic E-state index is 13.9. The molecule has 0 radical (unpaired) electrons. The van der Waals surface area contributed by atoms with Crippen LogP contribution in [0.15, 0.2) is 54.6 Å². The molecule has 0 fully saturated rings. The molecule has 0 spiro atoms. The Kier molecular flexibility index (Phi) is 7.99. The van der Waals surface area contributed by atoms with Gasteiger partial charge in [0, 0.05) is 30.1 Å². The topological polar surface area (TPSA) is 141 Å². The zero-order chi connectivity index (χ0) is 30.2. The van der Waals surface area contributed by atoms with Crippen molar-refractivity contribution in [3.05, 3.63) is 87.6 Å². The van der Waals surface area contributed by atoms with E-state index in [2.05, 4.69) is 15.6 Å². The first-order valence-corrected chi connectivity index (χ1v) is 14.0. The second-order valence-electron chi connectivity index (χ2n) is 10.9. The van der Waals surface area contributed by atoms with Crippen molar-refractivity contribution in [2.24, 2.45) is 0 Å². The van der Waals surface area contributed by atoms with Gasteiger partial charge in [0.2, 0.25) is 0 Å². The Labute approximate surface area is 247 Å². The predicted molar refractivity (Wildman–Crippen MR) is 161 cm³/mol. The average Bonchev–Trinajstić information content (AvgIpc) is 3.33. The lowest BCUT2D eigenvalue weighted by Gasteiger charge is -2.37. The molecule has 1 atom stereocenters. The first-order chi connectivity index (χ1) is 20.0. The summed E-state index contributed by atoms with van der Waals surface area (Å²) >= 11 is 6.39. The monoisotopic (exact) mass is 589 g/mol. The fraction of sp³-hybridized carbons (Fsp3) is 0.281. The van der Waals surface area contributed by atoms with Crippen molar-refractivity contribution < 1.29 is 29.3 Å². The molecule has 9 nitrogen and oxygen atoms in total. The Balaban J connectivity index is 1.49. The van der Waals surface area contributed by atoms with Crippen LogP contribution in [0.3, 0.4) is 0 Å². The van der Waals surface area contributed by atoms with E-state index in [0.717, 1.165) is 22.2 Å². The number of amides is 2. The van der Waals surface area contributed by atoms with Crippen LogP contribution in [0, 0.1) is 0 Å². The lowest BCUT2D eigenvalue weighted by molar-refractivity contribution is 0.0696. The summed E-state index contributed by atoms with van der Waals surface area (Å²) in [5.74, 6) is -1.34. The normalized spacial score (nSPS) is 16.2. The number of carbonyl (C=O) groups is 3. The fourth-order valence-corrected chi connectivity index (χ4v) is 5.76. The number of hydrogen-bond acceptors (Lipinski definition) is 5. The number of aliphatic hydroxyl groups is 1. The van der Waals surface area contributed by atoms with Crippen LogP contribution in [0.4, 0.5) is 0 Å². The summed E-state index contributed by atoms with van der Waals surface area (Å²) in [6.45, 7) is 3.43. The van der Waals surface area contributed by atoms with Crippen LogP contribution in [0.25, 0.3) is 22.0 Å². The molecule has 0 saturated heterocycles. The number of carbonyl (C=O) groups excluding carboxylic acids is 2. The minimum absolute atomic E-state index is 0.171. The average molecular weight is 590 g/mol. The Morgan fingerprint density at radius 3 is 2.43 bits per heavy atom. The highest BCUT2D eigenvalue weighted by Crippen LogP contribution is 2.36. The first kappa shape index (κ1) is 29.2. The van der Waals surface area contributed by atoms with Crippen molar-refractivity contribution in [2.45, 2.75) is 44.8 Å². The van der Waals surface area contributed by atoms with Gasteiger partial charge in [-0.3, -0.25) is 9.59 Å². The Morgan fingerprint density at radius 1 is 1.02 bits per heavy atom. The summed E-state index contributed by atoms with van der Waals surface area (Å²) in [5.41, 5.74) is 3.90. The molecule has 1 aromatic heterocycles. The number of aromatic carboxylic acids is 1. The number of hydrogen-bond donors (Lipinski definition) is 5. The second kappa shape index (κ2) is 11.5. The van der Waals surface area contributed by atoms with Crippen LogP contribution in [-0.2, 0) is 12.8 Å². The zero-order valence-electron chi connectivity index (χ0n) is 23.5. The molecule has 5 rings (SSSR count). The summed E-state index contributed by atoms with van der Waals surface area (Å²) in [5, 5.41) is 26.8. The number of rotatable bonds is 8. The van der Waals surface area contributed by atoms with Crippen LogP contribution in [0.1, 0.15) is 62.6 Å². The van der Waals surface area contributed by atoms with Gasteiger partial charge in [0.05, 0.1) is 40.0 Å². The number of benzene rings is 3. The summed E-state index contributed by atoms with van der Waals surface area (Å²) in [6.07, 6.45) is 1.18. The largest absolute Gasteiger partial charge is 0.490 e. The number of aliphatic hydroxyl groups excluding tert-OH is 1.